The zero-order valence-electron chi connectivity index (χ0n) is 20.7. The standard InChI is InChI=1S/C27H30BrN3O4S/c1-19-11-13-25(14-12-19)36(34,35)31(24-10-6-9-23(28)16-24)18-26(32)30(21(3)27(33)29-4)17-22-8-5-7-20(2)15-22/h5-16,21H,17-18H2,1-4H3,(H,29,33). The Hall–Kier alpha value is -3.17. The number of sulfonamides is 1. The van der Waals surface area contributed by atoms with Gasteiger partial charge in [-0.3, -0.25) is 13.9 Å². The number of carbonyl (C=O) groups excluding carboxylic acids is 2. The number of nitrogens with one attached hydrogen (secondary N) is 1. The molecule has 0 spiro atoms. The molecule has 0 bridgehead atoms. The number of halogens is 1. The Labute approximate surface area is 221 Å². The number of rotatable bonds is 9. The lowest BCUT2D eigenvalue weighted by atomic mass is 10.1. The summed E-state index contributed by atoms with van der Waals surface area (Å²) in [6, 6.07) is 20.1. The first kappa shape index (κ1) is 27.4. The molecule has 0 heterocycles. The second-order valence-corrected chi connectivity index (χ2v) is 11.4. The van der Waals surface area contributed by atoms with Crippen LogP contribution in [-0.2, 0) is 26.2 Å². The molecular weight excluding hydrogens is 542 g/mol. The van der Waals surface area contributed by atoms with Gasteiger partial charge in [-0.1, -0.05) is 69.5 Å². The van der Waals surface area contributed by atoms with E-state index in [0.717, 1.165) is 21.0 Å². The number of carbonyl (C=O) groups is 2. The molecule has 0 radical (unpaired) electrons. The van der Waals surface area contributed by atoms with Crippen molar-refractivity contribution in [2.24, 2.45) is 0 Å². The Morgan fingerprint density at radius 3 is 2.22 bits per heavy atom. The Morgan fingerprint density at radius 1 is 0.944 bits per heavy atom. The highest BCUT2D eigenvalue weighted by Crippen LogP contribution is 2.27. The van der Waals surface area contributed by atoms with Gasteiger partial charge in [0, 0.05) is 18.1 Å². The molecule has 0 aromatic heterocycles. The molecule has 3 aromatic rings. The molecule has 9 heteroatoms. The van der Waals surface area contributed by atoms with Crippen molar-refractivity contribution in [3.05, 3.63) is 94.0 Å². The van der Waals surface area contributed by atoms with Gasteiger partial charge in [-0.05, 0) is 56.7 Å². The SMILES string of the molecule is CNC(=O)C(C)N(Cc1cccc(C)c1)C(=O)CN(c1cccc(Br)c1)S(=O)(=O)c1ccc(C)cc1. The molecule has 2 amide bonds. The molecular formula is C27H30BrN3O4S. The van der Waals surface area contributed by atoms with Crippen LogP contribution in [0.5, 0.6) is 0 Å². The zero-order valence-corrected chi connectivity index (χ0v) is 23.1. The Kier molecular flexibility index (Phi) is 8.92. The number of aryl methyl sites for hydroxylation is 2. The summed E-state index contributed by atoms with van der Waals surface area (Å²) in [5, 5.41) is 2.58. The fourth-order valence-corrected chi connectivity index (χ4v) is 5.59. The smallest absolute Gasteiger partial charge is 0.264 e. The minimum Gasteiger partial charge on any atom is -0.357 e. The van der Waals surface area contributed by atoms with Crippen molar-refractivity contribution in [3.63, 3.8) is 0 Å². The predicted molar refractivity (Wildman–Crippen MR) is 145 cm³/mol. The highest BCUT2D eigenvalue weighted by Gasteiger charge is 2.32. The third-order valence-electron chi connectivity index (χ3n) is 5.83. The number of likely N-dealkylation sites (N-methyl/N-ethyl adjacent to an activating group) is 1. The van der Waals surface area contributed by atoms with Gasteiger partial charge in [0.1, 0.15) is 12.6 Å². The predicted octanol–water partition coefficient (Wildman–Crippen LogP) is 4.42. The van der Waals surface area contributed by atoms with Crippen LogP contribution >= 0.6 is 15.9 Å². The van der Waals surface area contributed by atoms with Gasteiger partial charge in [-0.25, -0.2) is 8.42 Å². The zero-order chi connectivity index (χ0) is 26.5. The second-order valence-electron chi connectivity index (χ2n) is 8.61. The summed E-state index contributed by atoms with van der Waals surface area (Å²) < 4.78 is 29.2. The number of nitrogens with zero attached hydrogens (tertiary/aromatic N) is 2. The minimum absolute atomic E-state index is 0.0745. The number of benzene rings is 3. The van der Waals surface area contributed by atoms with E-state index in [4.69, 9.17) is 0 Å². The summed E-state index contributed by atoms with van der Waals surface area (Å²) in [5.41, 5.74) is 3.11. The molecule has 7 nitrogen and oxygen atoms in total. The molecule has 1 atom stereocenters. The van der Waals surface area contributed by atoms with Gasteiger partial charge >= 0.3 is 0 Å². The monoisotopic (exact) mass is 571 g/mol. The lowest BCUT2D eigenvalue weighted by Crippen LogP contribution is -2.50. The van der Waals surface area contributed by atoms with E-state index in [1.807, 2.05) is 38.1 Å². The third-order valence-corrected chi connectivity index (χ3v) is 8.11. The van der Waals surface area contributed by atoms with Gasteiger partial charge in [0.05, 0.1) is 10.6 Å². The topological polar surface area (TPSA) is 86.8 Å². The average molecular weight is 573 g/mol. The number of hydrogen-bond donors (Lipinski definition) is 1. The summed E-state index contributed by atoms with van der Waals surface area (Å²) in [7, 11) is -2.58. The van der Waals surface area contributed by atoms with Crippen molar-refractivity contribution < 1.29 is 18.0 Å². The van der Waals surface area contributed by atoms with Crippen molar-refractivity contribution >= 4 is 43.5 Å². The van der Waals surface area contributed by atoms with Crippen LogP contribution in [0.4, 0.5) is 5.69 Å². The van der Waals surface area contributed by atoms with E-state index in [2.05, 4.69) is 21.2 Å². The summed E-state index contributed by atoms with van der Waals surface area (Å²) in [5.74, 6) is -0.838. The highest BCUT2D eigenvalue weighted by molar-refractivity contribution is 9.10. The quantitative estimate of drug-likeness (QED) is 0.411. The van der Waals surface area contributed by atoms with Crippen molar-refractivity contribution in [2.75, 3.05) is 17.9 Å². The molecule has 0 fully saturated rings. The first-order valence-corrected chi connectivity index (χ1v) is 13.7. The molecule has 0 aliphatic rings. The molecule has 3 aromatic carbocycles. The van der Waals surface area contributed by atoms with Crippen LogP contribution in [-0.4, -0.2) is 44.8 Å². The van der Waals surface area contributed by atoms with Crippen LogP contribution < -0.4 is 9.62 Å². The lowest BCUT2D eigenvalue weighted by molar-refractivity contribution is -0.139. The van der Waals surface area contributed by atoms with Crippen LogP contribution in [0.3, 0.4) is 0 Å². The number of amides is 2. The Morgan fingerprint density at radius 2 is 1.61 bits per heavy atom. The number of anilines is 1. The molecule has 0 saturated carbocycles. The van der Waals surface area contributed by atoms with Gasteiger partial charge in [0.25, 0.3) is 10.0 Å². The normalized spacial score (nSPS) is 12.0. The van der Waals surface area contributed by atoms with E-state index in [1.165, 1.54) is 24.1 Å². The van der Waals surface area contributed by atoms with E-state index >= 15 is 0 Å². The summed E-state index contributed by atoms with van der Waals surface area (Å²) in [4.78, 5) is 27.7. The first-order valence-electron chi connectivity index (χ1n) is 11.4. The summed E-state index contributed by atoms with van der Waals surface area (Å²) >= 11 is 3.39. The van der Waals surface area contributed by atoms with Gasteiger partial charge in [0.2, 0.25) is 11.8 Å². The Balaban J connectivity index is 2.03. The maximum Gasteiger partial charge on any atom is 0.264 e. The van der Waals surface area contributed by atoms with Gasteiger partial charge in [-0.2, -0.15) is 0 Å². The van der Waals surface area contributed by atoms with Crippen LogP contribution in [0, 0.1) is 13.8 Å². The third kappa shape index (κ3) is 6.53. The van der Waals surface area contributed by atoms with Crippen molar-refractivity contribution in [3.8, 4) is 0 Å². The maximum absolute atomic E-state index is 13.7. The van der Waals surface area contributed by atoms with Crippen LogP contribution in [0.25, 0.3) is 0 Å². The summed E-state index contributed by atoms with van der Waals surface area (Å²) in [6.45, 7) is 5.13. The van der Waals surface area contributed by atoms with E-state index in [1.54, 1.807) is 43.3 Å². The van der Waals surface area contributed by atoms with Crippen LogP contribution in [0.1, 0.15) is 23.6 Å². The van der Waals surface area contributed by atoms with Crippen molar-refractivity contribution in [2.45, 2.75) is 38.3 Å². The Bertz CT molecular complexity index is 1340. The minimum atomic E-state index is -4.08. The van der Waals surface area contributed by atoms with Crippen molar-refractivity contribution in [1.29, 1.82) is 0 Å². The molecule has 3 rings (SSSR count). The molecule has 0 saturated heterocycles. The van der Waals surface area contributed by atoms with Crippen molar-refractivity contribution in [1.82, 2.24) is 10.2 Å². The fraction of sp³-hybridized carbons (Fsp3) is 0.259. The van der Waals surface area contributed by atoms with Gasteiger partial charge < -0.3 is 10.2 Å². The van der Waals surface area contributed by atoms with E-state index < -0.39 is 28.5 Å². The van der Waals surface area contributed by atoms with Gasteiger partial charge in [0.15, 0.2) is 0 Å². The molecule has 0 aliphatic carbocycles. The fourth-order valence-electron chi connectivity index (χ4n) is 3.80. The molecule has 1 unspecified atom stereocenters. The molecule has 36 heavy (non-hydrogen) atoms. The van der Waals surface area contributed by atoms with Crippen LogP contribution in [0.2, 0.25) is 0 Å². The average Bonchev–Trinajstić information content (AvgIpc) is 2.85. The van der Waals surface area contributed by atoms with E-state index in [9.17, 15) is 18.0 Å². The maximum atomic E-state index is 13.7. The number of hydrogen-bond acceptors (Lipinski definition) is 4. The summed E-state index contributed by atoms with van der Waals surface area (Å²) in [6.07, 6.45) is 0. The van der Waals surface area contributed by atoms with Gasteiger partial charge in [-0.15, -0.1) is 0 Å². The van der Waals surface area contributed by atoms with Crippen LogP contribution in [0.15, 0.2) is 82.2 Å². The molecule has 0 aliphatic heterocycles. The van der Waals surface area contributed by atoms with E-state index in [-0.39, 0.29) is 17.3 Å². The largest absolute Gasteiger partial charge is 0.357 e. The highest BCUT2D eigenvalue weighted by atomic mass is 79.9. The lowest BCUT2D eigenvalue weighted by Gasteiger charge is -2.32. The second kappa shape index (κ2) is 11.7. The van der Waals surface area contributed by atoms with E-state index in [0.29, 0.717) is 10.2 Å². The first-order chi connectivity index (χ1) is 17.0. The molecule has 190 valence electrons. The molecule has 1 N–H and O–H groups in total.